The Morgan fingerprint density at radius 3 is 1.59 bits per heavy atom. The van der Waals surface area contributed by atoms with Gasteiger partial charge in [-0.15, -0.1) is 10.5 Å². The Morgan fingerprint density at radius 2 is 1.18 bits per heavy atom. The Labute approximate surface area is 130 Å². The van der Waals surface area contributed by atoms with Gasteiger partial charge >= 0.3 is 11.9 Å². The number of rotatable bonds is 2. The first-order chi connectivity index (χ1) is 10.7. The van der Waals surface area contributed by atoms with Crippen molar-refractivity contribution in [2.45, 2.75) is 9.79 Å². The summed E-state index contributed by atoms with van der Waals surface area (Å²) in [6.07, 6.45) is 0. The van der Waals surface area contributed by atoms with E-state index in [9.17, 15) is 9.59 Å². The third kappa shape index (κ3) is 2.14. The monoisotopic (exact) mass is 314 g/mol. The molecule has 0 aliphatic carbocycles. The van der Waals surface area contributed by atoms with E-state index in [1.54, 1.807) is 0 Å². The highest BCUT2D eigenvalue weighted by atomic mass is 32.2. The Bertz CT molecular complexity index is 742. The number of methoxy groups -OCH3 is 2. The third-order valence-corrected chi connectivity index (χ3v) is 5.78. The van der Waals surface area contributed by atoms with E-state index >= 15 is 0 Å². The molecule has 2 aromatic rings. The summed E-state index contributed by atoms with van der Waals surface area (Å²) in [5.41, 5.74) is 2.07. The lowest BCUT2D eigenvalue weighted by atomic mass is 10.1. The molecule has 1 heterocycles. The van der Waals surface area contributed by atoms with E-state index in [1.807, 2.05) is 48.5 Å². The number of fused-ring (bicyclic) bond motifs is 3. The molecule has 4 nitrogen and oxygen atoms in total. The lowest BCUT2D eigenvalue weighted by Crippen LogP contribution is -2.26. The fraction of sp³-hybridized carbons (Fsp3) is 0.118. The van der Waals surface area contributed by atoms with E-state index in [2.05, 4.69) is 0 Å². The van der Waals surface area contributed by atoms with Crippen molar-refractivity contribution >= 4 is 27.3 Å². The first-order valence-corrected chi connectivity index (χ1v) is 7.87. The quantitative estimate of drug-likeness (QED) is 0.415. The number of esters is 2. The smallest absolute Gasteiger partial charge is 0.351 e. The van der Waals surface area contributed by atoms with E-state index in [0.29, 0.717) is 0 Å². The van der Waals surface area contributed by atoms with Crippen LogP contribution in [0.3, 0.4) is 0 Å². The van der Waals surface area contributed by atoms with Crippen molar-refractivity contribution in [1.29, 1.82) is 0 Å². The number of ether oxygens (including phenoxy) is 2. The van der Waals surface area contributed by atoms with E-state index in [0.717, 1.165) is 20.9 Å². The number of hydrogen-bond acceptors (Lipinski definition) is 4. The van der Waals surface area contributed by atoms with Gasteiger partial charge < -0.3 is 9.47 Å². The van der Waals surface area contributed by atoms with Gasteiger partial charge in [-0.2, -0.15) is 0 Å². The van der Waals surface area contributed by atoms with Gasteiger partial charge in [0.1, 0.15) is 0 Å². The maximum atomic E-state index is 12.2. The topological polar surface area (TPSA) is 52.6 Å². The lowest BCUT2D eigenvalue weighted by molar-refractivity contribution is -0.137. The molecular weight excluding hydrogens is 300 g/mol. The van der Waals surface area contributed by atoms with Gasteiger partial charge in [0.15, 0.2) is 4.86 Å². The normalized spacial score (nSPS) is 12.3. The zero-order valence-electron chi connectivity index (χ0n) is 12.2. The molecule has 0 fully saturated rings. The van der Waals surface area contributed by atoms with Crippen molar-refractivity contribution in [3.05, 3.63) is 48.5 Å². The molecule has 0 aromatic heterocycles. The molecule has 5 heteroatoms. The SMILES string of the molecule is COC(=O)C(C(=O)OC)=S1c2ccccc2-c2ccccc21. The molecular formula is C17H14O4S. The van der Waals surface area contributed by atoms with Crippen molar-refractivity contribution in [1.82, 2.24) is 0 Å². The van der Waals surface area contributed by atoms with Crippen LogP contribution in [-0.4, -0.2) is 31.0 Å². The van der Waals surface area contributed by atoms with Crippen LogP contribution in [0, 0.1) is 0 Å². The average molecular weight is 314 g/mol. The summed E-state index contributed by atoms with van der Waals surface area (Å²) in [6.45, 7) is 0. The largest absolute Gasteiger partial charge is 0.465 e. The third-order valence-electron chi connectivity index (χ3n) is 3.45. The number of carbonyl (C=O) groups excluding carboxylic acids is 2. The molecule has 0 atom stereocenters. The van der Waals surface area contributed by atoms with Crippen molar-refractivity contribution < 1.29 is 19.1 Å². The molecule has 22 heavy (non-hydrogen) atoms. The molecule has 3 rings (SSSR count). The minimum atomic E-state index is -0.807. The molecule has 0 bridgehead atoms. The molecule has 112 valence electrons. The molecule has 0 radical (unpaired) electrons. The summed E-state index contributed by atoms with van der Waals surface area (Å²) in [5.74, 6) is -1.30. The van der Waals surface area contributed by atoms with E-state index in [1.165, 1.54) is 14.2 Å². The van der Waals surface area contributed by atoms with Crippen LogP contribution < -0.4 is 0 Å². The second-order valence-corrected chi connectivity index (χ2v) is 6.51. The van der Waals surface area contributed by atoms with Crippen LogP contribution >= 0.6 is 10.5 Å². The standard InChI is InChI=1S/C17H14O4S/c1-20-16(18)15(17(19)21-2)22-13-9-5-3-7-11(13)12-8-4-6-10-14(12)22/h3-10H,1-2H3. The molecule has 1 aliphatic rings. The number of hydrogen-bond donors (Lipinski definition) is 0. The molecule has 0 spiro atoms. The molecule has 1 aliphatic heterocycles. The number of benzene rings is 2. The summed E-state index contributed by atoms with van der Waals surface area (Å²) in [6, 6.07) is 15.5. The summed E-state index contributed by atoms with van der Waals surface area (Å²) in [5, 5.41) is 0. The van der Waals surface area contributed by atoms with Crippen LogP contribution in [0.5, 0.6) is 0 Å². The van der Waals surface area contributed by atoms with Gasteiger partial charge in [0, 0.05) is 9.79 Å². The predicted molar refractivity (Wildman–Crippen MR) is 85.0 cm³/mol. The summed E-state index contributed by atoms with van der Waals surface area (Å²) >= 11 is 0. The Morgan fingerprint density at radius 1 is 0.773 bits per heavy atom. The highest BCUT2D eigenvalue weighted by molar-refractivity contribution is 8.18. The Hall–Kier alpha value is -2.40. The number of carbonyl (C=O) groups is 2. The summed E-state index contributed by atoms with van der Waals surface area (Å²) < 4.78 is 9.62. The molecule has 0 saturated carbocycles. The van der Waals surface area contributed by atoms with E-state index < -0.39 is 22.4 Å². The molecule has 0 unspecified atom stereocenters. The first kappa shape index (κ1) is 14.5. The van der Waals surface area contributed by atoms with E-state index in [-0.39, 0.29) is 4.86 Å². The summed E-state index contributed by atoms with van der Waals surface area (Å²) in [4.78, 5) is 26.2. The van der Waals surface area contributed by atoms with Gasteiger partial charge in [-0.05, 0) is 23.3 Å². The highest BCUT2D eigenvalue weighted by Crippen LogP contribution is 2.53. The molecule has 0 N–H and O–H groups in total. The molecule has 0 saturated heterocycles. The zero-order chi connectivity index (χ0) is 15.7. The fourth-order valence-corrected chi connectivity index (χ4v) is 4.91. The Balaban J connectivity index is 2.40. The van der Waals surface area contributed by atoms with Crippen LogP contribution in [0.1, 0.15) is 0 Å². The van der Waals surface area contributed by atoms with E-state index in [4.69, 9.17) is 9.47 Å². The van der Waals surface area contributed by atoms with Gasteiger partial charge in [0.2, 0.25) is 0 Å². The summed E-state index contributed by atoms with van der Waals surface area (Å²) in [7, 11) is 1.73. The minimum absolute atomic E-state index is 0.0300. The maximum Gasteiger partial charge on any atom is 0.351 e. The van der Waals surface area contributed by atoms with Gasteiger partial charge in [-0.3, -0.25) is 0 Å². The average Bonchev–Trinajstić information content (AvgIpc) is 2.90. The van der Waals surface area contributed by atoms with Gasteiger partial charge in [0.25, 0.3) is 0 Å². The van der Waals surface area contributed by atoms with Gasteiger partial charge in [-0.1, -0.05) is 36.4 Å². The fourth-order valence-electron chi connectivity index (χ4n) is 2.51. The van der Waals surface area contributed by atoms with Crippen molar-refractivity contribution in [3.63, 3.8) is 0 Å². The van der Waals surface area contributed by atoms with Crippen LogP contribution in [0.2, 0.25) is 0 Å². The maximum absolute atomic E-state index is 12.2. The van der Waals surface area contributed by atoms with Crippen LogP contribution in [0.25, 0.3) is 11.1 Å². The van der Waals surface area contributed by atoms with Crippen molar-refractivity contribution in [2.24, 2.45) is 0 Å². The Kier molecular flexibility index (Phi) is 3.81. The molecule has 2 aromatic carbocycles. The zero-order valence-corrected chi connectivity index (χ0v) is 13.0. The van der Waals surface area contributed by atoms with Crippen LogP contribution in [0.4, 0.5) is 0 Å². The lowest BCUT2D eigenvalue weighted by Gasteiger charge is -2.11. The minimum Gasteiger partial charge on any atom is -0.465 e. The second kappa shape index (κ2) is 5.77. The van der Waals surface area contributed by atoms with Crippen LogP contribution in [-0.2, 0) is 19.1 Å². The first-order valence-electron chi connectivity index (χ1n) is 6.65. The van der Waals surface area contributed by atoms with Crippen molar-refractivity contribution in [3.8, 4) is 11.1 Å². The predicted octanol–water partition coefficient (Wildman–Crippen LogP) is 2.87. The highest BCUT2D eigenvalue weighted by Gasteiger charge is 2.32. The van der Waals surface area contributed by atoms with Crippen molar-refractivity contribution in [2.75, 3.05) is 14.2 Å². The second-order valence-electron chi connectivity index (χ2n) is 4.61. The van der Waals surface area contributed by atoms with Crippen LogP contribution in [0.15, 0.2) is 58.3 Å². The van der Waals surface area contributed by atoms with Gasteiger partial charge in [0.05, 0.1) is 14.2 Å². The molecule has 0 amide bonds. The van der Waals surface area contributed by atoms with Gasteiger partial charge in [-0.25, -0.2) is 9.59 Å².